The zero-order valence-corrected chi connectivity index (χ0v) is 15.7. The van der Waals surface area contributed by atoms with Crippen molar-refractivity contribution in [3.8, 4) is 11.4 Å². The maximum Gasteiger partial charge on any atom is 0.251 e. The Kier molecular flexibility index (Phi) is 5.21. The van der Waals surface area contributed by atoms with E-state index in [9.17, 15) is 4.79 Å². The first kappa shape index (κ1) is 17.7. The summed E-state index contributed by atoms with van der Waals surface area (Å²) in [7, 11) is 0. The van der Waals surface area contributed by atoms with Crippen LogP contribution in [0.15, 0.2) is 54.2 Å². The van der Waals surface area contributed by atoms with Gasteiger partial charge in [0, 0.05) is 23.9 Å². The van der Waals surface area contributed by atoms with Crippen LogP contribution in [-0.4, -0.2) is 27.0 Å². The molecule has 0 bridgehead atoms. The van der Waals surface area contributed by atoms with Gasteiger partial charge in [-0.05, 0) is 56.4 Å². The monoisotopic (exact) mass is 380 g/mol. The zero-order valence-electron chi connectivity index (χ0n) is 15.0. The van der Waals surface area contributed by atoms with E-state index in [1.54, 1.807) is 12.1 Å². The lowest BCUT2D eigenvalue weighted by molar-refractivity contribution is 0.0954. The number of nitrogens with zero attached hydrogens (tertiary/aromatic N) is 3. The van der Waals surface area contributed by atoms with Crippen LogP contribution >= 0.6 is 11.6 Å². The fourth-order valence-corrected chi connectivity index (χ4v) is 3.65. The zero-order chi connectivity index (χ0) is 18.6. The second-order valence-electron chi connectivity index (χ2n) is 6.76. The van der Waals surface area contributed by atoms with Crippen LogP contribution < -0.4 is 5.32 Å². The van der Waals surface area contributed by atoms with Crippen molar-refractivity contribution in [2.45, 2.75) is 32.1 Å². The minimum Gasteiger partial charge on any atom is -0.352 e. The molecule has 0 atom stereocenters. The van der Waals surface area contributed by atoms with Crippen molar-refractivity contribution in [2.24, 2.45) is 0 Å². The summed E-state index contributed by atoms with van der Waals surface area (Å²) in [4.78, 5) is 12.5. The molecule has 2 aromatic heterocycles. The number of nitrogens with one attached hydrogen (secondary N) is 1. The number of pyridine rings is 1. The van der Waals surface area contributed by atoms with Crippen LogP contribution in [0.1, 0.15) is 42.5 Å². The van der Waals surface area contributed by atoms with Crippen molar-refractivity contribution in [2.75, 3.05) is 6.54 Å². The van der Waals surface area contributed by atoms with Crippen molar-refractivity contribution in [1.29, 1.82) is 0 Å². The van der Waals surface area contributed by atoms with Crippen molar-refractivity contribution in [3.63, 3.8) is 0 Å². The Morgan fingerprint density at radius 2 is 2.07 bits per heavy atom. The summed E-state index contributed by atoms with van der Waals surface area (Å²) < 4.78 is 1.84. The van der Waals surface area contributed by atoms with Gasteiger partial charge < -0.3 is 5.32 Å². The normalized spacial score (nSPS) is 14.2. The maximum atomic E-state index is 12.5. The summed E-state index contributed by atoms with van der Waals surface area (Å²) in [5.74, 6) is 0.572. The number of benzene rings is 1. The van der Waals surface area contributed by atoms with E-state index in [2.05, 4.69) is 21.6 Å². The van der Waals surface area contributed by atoms with Crippen LogP contribution in [-0.2, 0) is 0 Å². The number of hydrogen-bond acceptors (Lipinski definition) is 3. The second-order valence-corrected chi connectivity index (χ2v) is 7.17. The van der Waals surface area contributed by atoms with Gasteiger partial charge in [-0.3, -0.25) is 9.20 Å². The van der Waals surface area contributed by atoms with Gasteiger partial charge in [0.15, 0.2) is 11.5 Å². The van der Waals surface area contributed by atoms with Gasteiger partial charge in [-0.25, -0.2) is 0 Å². The largest absolute Gasteiger partial charge is 0.352 e. The quantitative estimate of drug-likeness (QED) is 0.654. The summed E-state index contributed by atoms with van der Waals surface area (Å²) >= 11 is 6.27. The molecule has 0 aliphatic heterocycles. The van der Waals surface area contributed by atoms with Gasteiger partial charge in [-0.15, -0.1) is 10.2 Å². The highest BCUT2D eigenvalue weighted by atomic mass is 35.5. The van der Waals surface area contributed by atoms with E-state index in [4.69, 9.17) is 11.6 Å². The van der Waals surface area contributed by atoms with E-state index in [1.165, 1.54) is 24.8 Å². The molecule has 2 heterocycles. The number of allylic oxidation sites excluding steroid dienone is 1. The number of amides is 1. The fraction of sp³-hybridized carbons (Fsp3) is 0.286. The van der Waals surface area contributed by atoms with Gasteiger partial charge in [0.05, 0.1) is 5.02 Å². The van der Waals surface area contributed by atoms with Gasteiger partial charge in [0.2, 0.25) is 0 Å². The molecule has 1 N–H and O–H groups in total. The van der Waals surface area contributed by atoms with E-state index in [-0.39, 0.29) is 5.91 Å². The summed E-state index contributed by atoms with van der Waals surface area (Å²) in [5, 5.41) is 12.1. The summed E-state index contributed by atoms with van der Waals surface area (Å²) in [5.41, 5.74) is 3.47. The maximum absolute atomic E-state index is 12.5. The lowest BCUT2D eigenvalue weighted by Crippen LogP contribution is -2.25. The SMILES string of the molecule is O=C(NCCC1=CCCCC1)c1ccn2c(-c3ccccc3Cl)nnc2c1. The molecule has 0 saturated heterocycles. The molecule has 0 radical (unpaired) electrons. The van der Waals surface area contributed by atoms with Crippen molar-refractivity contribution >= 4 is 23.2 Å². The topological polar surface area (TPSA) is 59.3 Å². The number of fused-ring (bicyclic) bond motifs is 1. The molecule has 0 saturated carbocycles. The molecule has 138 valence electrons. The molecular formula is C21H21ClN4O. The van der Waals surface area contributed by atoms with E-state index in [1.807, 2.05) is 34.9 Å². The molecule has 6 heteroatoms. The number of carbonyl (C=O) groups is 1. The van der Waals surface area contributed by atoms with Crippen molar-refractivity contribution < 1.29 is 4.79 Å². The molecule has 3 aromatic rings. The third kappa shape index (κ3) is 3.88. The third-order valence-electron chi connectivity index (χ3n) is 4.90. The Morgan fingerprint density at radius 3 is 2.89 bits per heavy atom. The van der Waals surface area contributed by atoms with E-state index >= 15 is 0 Å². The summed E-state index contributed by atoms with van der Waals surface area (Å²) in [6.45, 7) is 0.660. The molecular weight excluding hydrogens is 360 g/mol. The molecule has 1 aromatic carbocycles. The second kappa shape index (κ2) is 7.92. The Bertz CT molecular complexity index is 1010. The highest BCUT2D eigenvalue weighted by molar-refractivity contribution is 6.33. The average Bonchev–Trinajstić information content (AvgIpc) is 3.12. The lowest BCUT2D eigenvalue weighted by atomic mass is 9.97. The van der Waals surface area contributed by atoms with Crippen LogP contribution in [0.2, 0.25) is 5.02 Å². The smallest absolute Gasteiger partial charge is 0.251 e. The predicted octanol–water partition coefficient (Wildman–Crippen LogP) is 4.67. The van der Waals surface area contributed by atoms with Crippen LogP contribution in [0.25, 0.3) is 17.0 Å². The Hall–Kier alpha value is -2.66. The summed E-state index contributed by atoms with van der Waals surface area (Å²) in [6.07, 6.45) is 9.92. The van der Waals surface area contributed by atoms with E-state index < -0.39 is 0 Å². The van der Waals surface area contributed by atoms with Crippen molar-refractivity contribution in [3.05, 3.63) is 64.8 Å². The first-order chi connectivity index (χ1) is 13.2. The van der Waals surface area contributed by atoms with Gasteiger partial charge in [0.1, 0.15) is 0 Å². The van der Waals surface area contributed by atoms with Crippen LogP contribution in [0.4, 0.5) is 0 Å². The molecule has 0 fully saturated rings. The first-order valence-corrected chi connectivity index (χ1v) is 9.66. The highest BCUT2D eigenvalue weighted by Gasteiger charge is 2.13. The molecule has 0 unspecified atom stereocenters. The van der Waals surface area contributed by atoms with Crippen LogP contribution in [0.3, 0.4) is 0 Å². The van der Waals surface area contributed by atoms with Gasteiger partial charge >= 0.3 is 0 Å². The highest BCUT2D eigenvalue weighted by Crippen LogP contribution is 2.26. The van der Waals surface area contributed by atoms with E-state index in [0.29, 0.717) is 28.6 Å². The van der Waals surface area contributed by atoms with Crippen molar-refractivity contribution in [1.82, 2.24) is 19.9 Å². The Morgan fingerprint density at radius 1 is 1.19 bits per heavy atom. The molecule has 27 heavy (non-hydrogen) atoms. The predicted molar refractivity (Wildman–Crippen MR) is 107 cm³/mol. The fourth-order valence-electron chi connectivity index (χ4n) is 3.43. The molecule has 4 rings (SSSR count). The molecule has 1 aliphatic rings. The lowest BCUT2D eigenvalue weighted by Gasteiger charge is -2.13. The Labute approximate surface area is 163 Å². The first-order valence-electron chi connectivity index (χ1n) is 9.28. The standard InChI is InChI=1S/C21H21ClN4O/c22-18-9-5-4-8-17(18)20-25-24-19-14-16(11-13-26(19)20)21(27)23-12-10-15-6-2-1-3-7-15/h4-6,8-9,11,13-14H,1-3,7,10,12H2,(H,23,27). The van der Waals surface area contributed by atoms with Gasteiger partial charge in [0.25, 0.3) is 5.91 Å². The molecule has 1 amide bonds. The number of aromatic nitrogens is 3. The van der Waals surface area contributed by atoms with Gasteiger partial charge in [-0.1, -0.05) is 35.4 Å². The molecule has 1 aliphatic carbocycles. The van der Waals surface area contributed by atoms with Crippen LogP contribution in [0.5, 0.6) is 0 Å². The Balaban J connectivity index is 1.48. The van der Waals surface area contributed by atoms with Crippen LogP contribution in [0, 0.1) is 0 Å². The average molecular weight is 381 g/mol. The molecule has 0 spiro atoms. The number of carbonyl (C=O) groups excluding carboxylic acids is 1. The summed E-state index contributed by atoms with van der Waals surface area (Å²) in [6, 6.07) is 11.0. The minimum atomic E-state index is -0.0868. The number of halogens is 1. The van der Waals surface area contributed by atoms with Gasteiger partial charge in [-0.2, -0.15) is 0 Å². The minimum absolute atomic E-state index is 0.0868. The number of hydrogen-bond donors (Lipinski definition) is 1. The van der Waals surface area contributed by atoms with E-state index in [0.717, 1.165) is 18.4 Å². The number of rotatable bonds is 5. The molecule has 5 nitrogen and oxygen atoms in total. The third-order valence-corrected chi connectivity index (χ3v) is 5.23.